The second kappa shape index (κ2) is 7.08. The van der Waals surface area contributed by atoms with Gasteiger partial charge < -0.3 is 20.5 Å². The van der Waals surface area contributed by atoms with Gasteiger partial charge in [0.15, 0.2) is 11.5 Å². The van der Waals surface area contributed by atoms with Crippen molar-refractivity contribution in [1.82, 2.24) is 5.32 Å². The second-order valence-electron chi connectivity index (χ2n) is 3.84. The van der Waals surface area contributed by atoms with Crippen molar-refractivity contribution in [1.29, 1.82) is 0 Å². The third-order valence-corrected chi connectivity index (χ3v) is 2.47. The summed E-state index contributed by atoms with van der Waals surface area (Å²) in [4.78, 5) is 11.2. The summed E-state index contributed by atoms with van der Waals surface area (Å²) in [6, 6.07) is 7.49. The predicted octanol–water partition coefficient (Wildman–Crippen LogP) is 0.713. The van der Waals surface area contributed by atoms with E-state index >= 15 is 0 Å². The first-order valence-corrected chi connectivity index (χ1v) is 5.65. The first-order valence-electron chi connectivity index (χ1n) is 5.65. The minimum Gasteiger partial charge on any atom is -0.486 e. The topological polar surface area (TPSA) is 73.6 Å². The number of hydrogen-bond acceptors (Lipinski definition) is 4. The van der Waals surface area contributed by atoms with Gasteiger partial charge in [-0.05, 0) is 12.1 Å². The SMILES string of the molecule is Cl.NCCC(=O)NCC1COc2ccccc2O1. The van der Waals surface area contributed by atoms with Crippen LogP contribution < -0.4 is 20.5 Å². The molecule has 1 heterocycles. The fourth-order valence-corrected chi connectivity index (χ4v) is 1.61. The largest absolute Gasteiger partial charge is 0.486 e. The van der Waals surface area contributed by atoms with E-state index in [1.54, 1.807) is 0 Å². The van der Waals surface area contributed by atoms with Crippen LogP contribution in [-0.2, 0) is 4.79 Å². The average Bonchev–Trinajstić information content (AvgIpc) is 2.36. The van der Waals surface area contributed by atoms with Crippen LogP contribution in [0.5, 0.6) is 11.5 Å². The fraction of sp³-hybridized carbons (Fsp3) is 0.417. The van der Waals surface area contributed by atoms with Crippen LogP contribution in [0.2, 0.25) is 0 Å². The molecule has 100 valence electrons. The molecule has 3 N–H and O–H groups in total. The first kappa shape index (κ1) is 14.6. The van der Waals surface area contributed by atoms with Crippen molar-refractivity contribution in [3.8, 4) is 11.5 Å². The minimum absolute atomic E-state index is 0. The highest BCUT2D eigenvalue weighted by molar-refractivity contribution is 5.85. The molecule has 1 unspecified atom stereocenters. The molecule has 1 aromatic rings. The van der Waals surface area contributed by atoms with Crippen molar-refractivity contribution in [2.75, 3.05) is 19.7 Å². The molecule has 2 rings (SSSR count). The van der Waals surface area contributed by atoms with Crippen LogP contribution >= 0.6 is 12.4 Å². The lowest BCUT2D eigenvalue weighted by molar-refractivity contribution is -0.121. The third-order valence-electron chi connectivity index (χ3n) is 2.47. The number of para-hydroxylation sites is 2. The molecule has 0 aromatic heterocycles. The van der Waals surface area contributed by atoms with Gasteiger partial charge in [-0.2, -0.15) is 0 Å². The Labute approximate surface area is 112 Å². The van der Waals surface area contributed by atoms with Gasteiger partial charge in [-0.25, -0.2) is 0 Å². The Kier molecular flexibility index (Phi) is 5.74. The van der Waals surface area contributed by atoms with E-state index in [2.05, 4.69) is 5.32 Å². The monoisotopic (exact) mass is 272 g/mol. The summed E-state index contributed by atoms with van der Waals surface area (Å²) in [5.41, 5.74) is 5.28. The predicted molar refractivity (Wildman–Crippen MR) is 70.3 cm³/mol. The van der Waals surface area contributed by atoms with Crippen LogP contribution in [0.25, 0.3) is 0 Å². The van der Waals surface area contributed by atoms with Crippen molar-refractivity contribution in [2.45, 2.75) is 12.5 Å². The van der Waals surface area contributed by atoms with Crippen molar-refractivity contribution >= 4 is 18.3 Å². The Balaban J connectivity index is 0.00000162. The Hall–Kier alpha value is -1.46. The lowest BCUT2D eigenvalue weighted by Crippen LogP contribution is -2.41. The number of nitrogens with one attached hydrogen (secondary N) is 1. The maximum atomic E-state index is 11.2. The van der Waals surface area contributed by atoms with Gasteiger partial charge in [0, 0.05) is 13.0 Å². The van der Waals surface area contributed by atoms with E-state index in [-0.39, 0.29) is 24.4 Å². The van der Waals surface area contributed by atoms with Crippen LogP contribution in [0.1, 0.15) is 6.42 Å². The standard InChI is InChI=1S/C12H16N2O3.ClH/c13-6-5-12(15)14-7-9-8-16-10-3-1-2-4-11(10)17-9;/h1-4,9H,5-8,13H2,(H,14,15);1H. The summed E-state index contributed by atoms with van der Waals surface area (Å²) >= 11 is 0. The van der Waals surface area contributed by atoms with Crippen LogP contribution in [0, 0.1) is 0 Å². The van der Waals surface area contributed by atoms with Crippen LogP contribution in [0.15, 0.2) is 24.3 Å². The summed E-state index contributed by atoms with van der Waals surface area (Å²) in [5.74, 6) is 1.41. The van der Waals surface area contributed by atoms with Crippen molar-refractivity contribution < 1.29 is 14.3 Å². The number of rotatable bonds is 4. The highest BCUT2D eigenvalue weighted by atomic mass is 35.5. The number of benzene rings is 1. The lowest BCUT2D eigenvalue weighted by atomic mass is 10.2. The van der Waals surface area contributed by atoms with Gasteiger partial charge in [-0.3, -0.25) is 4.79 Å². The van der Waals surface area contributed by atoms with Crippen LogP contribution in [0.3, 0.4) is 0 Å². The highest BCUT2D eigenvalue weighted by Crippen LogP contribution is 2.30. The molecule has 18 heavy (non-hydrogen) atoms. The average molecular weight is 273 g/mol. The molecule has 0 spiro atoms. The highest BCUT2D eigenvalue weighted by Gasteiger charge is 2.20. The van der Waals surface area contributed by atoms with E-state index in [1.807, 2.05) is 24.3 Å². The van der Waals surface area contributed by atoms with Crippen molar-refractivity contribution in [3.63, 3.8) is 0 Å². The number of hydrogen-bond donors (Lipinski definition) is 2. The van der Waals surface area contributed by atoms with Gasteiger partial charge in [0.25, 0.3) is 0 Å². The molecule has 1 amide bonds. The zero-order valence-corrected chi connectivity index (χ0v) is 10.7. The Morgan fingerprint density at radius 2 is 2.11 bits per heavy atom. The first-order chi connectivity index (χ1) is 8.29. The number of carbonyl (C=O) groups is 1. The molecule has 0 bridgehead atoms. The van der Waals surface area contributed by atoms with Crippen molar-refractivity contribution in [3.05, 3.63) is 24.3 Å². The molecule has 1 aliphatic rings. The van der Waals surface area contributed by atoms with Gasteiger partial charge in [0.1, 0.15) is 12.7 Å². The van der Waals surface area contributed by atoms with Crippen molar-refractivity contribution in [2.24, 2.45) is 5.73 Å². The van der Waals surface area contributed by atoms with E-state index in [9.17, 15) is 4.79 Å². The third kappa shape index (κ3) is 3.78. The quantitative estimate of drug-likeness (QED) is 0.847. The number of halogens is 1. The van der Waals surface area contributed by atoms with E-state index in [0.29, 0.717) is 26.1 Å². The number of fused-ring (bicyclic) bond motifs is 1. The molecule has 0 saturated carbocycles. The van der Waals surface area contributed by atoms with Gasteiger partial charge in [-0.15, -0.1) is 12.4 Å². The molecule has 0 fully saturated rings. The summed E-state index contributed by atoms with van der Waals surface area (Å²) < 4.78 is 11.2. The van der Waals surface area contributed by atoms with Gasteiger partial charge >= 0.3 is 0 Å². The summed E-state index contributed by atoms with van der Waals surface area (Å²) in [7, 11) is 0. The normalized spacial score (nSPS) is 16.6. The summed E-state index contributed by atoms with van der Waals surface area (Å²) in [6.45, 7) is 1.24. The molecule has 1 aliphatic heterocycles. The fourth-order valence-electron chi connectivity index (χ4n) is 1.61. The maximum Gasteiger partial charge on any atom is 0.221 e. The second-order valence-corrected chi connectivity index (χ2v) is 3.84. The molecular weight excluding hydrogens is 256 g/mol. The molecule has 1 aromatic carbocycles. The summed E-state index contributed by atoms with van der Waals surface area (Å²) in [5, 5.41) is 2.76. The van der Waals surface area contributed by atoms with Crippen LogP contribution in [-0.4, -0.2) is 31.7 Å². The number of carbonyl (C=O) groups excluding carboxylic acids is 1. The molecule has 0 aliphatic carbocycles. The van der Waals surface area contributed by atoms with Gasteiger partial charge in [0.2, 0.25) is 5.91 Å². The molecule has 0 radical (unpaired) electrons. The zero-order chi connectivity index (χ0) is 12.1. The lowest BCUT2D eigenvalue weighted by Gasteiger charge is -2.26. The smallest absolute Gasteiger partial charge is 0.221 e. The Morgan fingerprint density at radius 3 is 2.83 bits per heavy atom. The number of ether oxygens (including phenoxy) is 2. The summed E-state index contributed by atoms with van der Waals surface area (Å²) in [6.07, 6.45) is 0.191. The molecule has 0 saturated heterocycles. The molecule has 1 atom stereocenters. The van der Waals surface area contributed by atoms with E-state index in [4.69, 9.17) is 15.2 Å². The molecule has 5 nitrogen and oxygen atoms in total. The van der Waals surface area contributed by atoms with E-state index < -0.39 is 0 Å². The van der Waals surface area contributed by atoms with Crippen LogP contribution in [0.4, 0.5) is 0 Å². The number of nitrogens with two attached hydrogens (primary N) is 1. The Bertz CT molecular complexity index is 401. The molecular formula is C12H17ClN2O3. The van der Waals surface area contributed by atoms with Gasteiger partial charge in [-0.1, -0.05) is 12.1 Å². The molecule has 6 heteroatoms. The Morgan fingerprint density at radius 1 is 1.39 bits per heavy atom. The zero-order valence-electron chi connectivity index (χ0n) is 9.93. The van der Waals surface area contributed by atoms with E-state index in [0.717, 1.165) is 11.5 Å². The van der Waals surface area contributed by atoms with Gasteiger partial charge in [0.05, 0.1) is 6.54 Å². The van der Waals surface area contributed by atoms with E-state index in [1.165, 1.54) is 0 Å². The maximum absolute atomic E-state index is 11.2. The number of amides is 1. The minimum atomic E-state index is -0.147.